The normalized spacial score (nSPS) is 26.4. The summed E-state index contributed by atoms with van der Waals surface area (Å²) in [5.41, 5.74) is 0. The largest absolute Gasteiger partial charge is 0.394 e. The summed E-state index contributed by atoms with van der Waals surface area (Å²) in [6, 6.07) is -0.116. The lowest BCUT2D eigenvalue weighted by Gasteiger charge is -2.24. The molecule has 2 N–H and O–H groups in total. The van der Waals surface area contributed by atoms with E-state index in [0.29, 0.717) is 6.54 Å². The van der Waals surface area contributed by atoms with Crippen LogP contribution >= 0.6 is 0 Å². The maximum absolute atomic E-state index is 11.2. The summed E-state index contributed by atoms with van der Waals surface area (Å²) in [5.74, 6) is -0.0524. The number of hydrogen-bond donors (Lipinski definition) is 2. The number of carbonyl (C=O) groups excluding carboxylic acids is 1. The van der Waals surface area contributed by atoms with Crippen LogP contribution in [0.5, 0.6) is 0 Å². The Bertz CT molecular complexity index is 168. The monoisotopic (exact) mass is 173 g/mol. The number of nitrogens with zero attached hydrogens (tertiary/aromatic N) is 1. The predicted octanol–water partition coefficient (Wildman–Crippen LogP) is -0.650. The van der Waals surface area contributed by atoms with Gasteiger partial charge < -0.3 is 15.1 Å². The second-order valence-electron chi connectivity index (χ2n) is 3.15. The summed E-state index contributed by atoms with van der Waals surface area (Å²) in [5, 5.41) is 18.1. The topological polar surface area (TPSA) is 60.8 Å². The fourth-order valence-corrected chi connectivity index (χ4v) is 1.51. The van der Waals surface area contributed by atoms with Crippen molar-refractivity contribution in [2.24, 2.45) is 0 Å². The van der Waals surface area contributed by atoms with Gasteiger partial charge in [0, 0.05) is 6.54 Å². The van der Waals surface area contributed by atoms with Crippen LogP contribution in [0.4, 0.5) is 0 Å². The van der Waals surface area contributed by atoms with Crippen LogP contribution in [0.15, 0.2) is 0 Å². The van der Waals surface area contributed by atoms with Gasteiger partial charge in [-0.25, -0.2) is 0 Å². The van der Waals surface area contributed by atoms with Crippen molar-refractivity contribution in [2.45, 2.75) is 31.9 Å². The Labute approximate surface area is 71.8 Å². The van der Waals surface area contributed by atoms with Crippen LogP contribution in [0, 0.1) is 0 Å². The number of amides is 1. The van der Waals surface area contributed by atoms with Crippen molar-refractivity contribution in [3.63, 3.8) is 0 Å². The Kier molecular flexibility index (Phi) is 3.05. The first-order valence-corrected chi connectivity index (χ1v) is 4.27. The maximum Gasteiger partial charge on any atom is 0.225 e. The van der Waals surface area contributed by atoms with E-state index in [2.05, 4.69) is 0 Å². The van der Waals surface area contributed by atoms with E-state index in [1.54, 1.807) is 4.90 Å². The quantitative estimate of drug-likeness (QED) is 0.596. The van der Waals surface area contributed by atoms with Gasteiger partial charge in [0.05, 0.1) is 25.2 Å². The van der Waals surface area contributed by atoms with Gasteiger partial charge in [0.1, 0.15) is 0 Å². The molecule has 1 rings (SSSR count). The van der Waals surface area contributed by atoms with Crippen LogP contribution in [0.1, 0.15) is 19.8 Å². The van der Waals surface area contributed by atoms with E-state index in [0.717, 1.165) is 6.42 Å². The highest BCUT2D eigenvalue weighted by molar-refractivity contribution is 5.79. The van der Waals surface area contributed by atoms with Crippen molar-refractivity contribution in [3.05, 3.63) is 0 Å². The first kappa shape index (κ1) is 9.48. The molecule has 0 aromatic rings. The van der Waals surface area contributed by atoms with Crippen molar-refractivity contribution in [3.8, 4) is 0 Å². The molecule has 0 aromatic heterocycles. The van der Waals surface area contributed by atoms with Gasteiger partial charge in [0.2, 0.25) is 5.91 Å². The highest BCUT2D eigenvalue weighted by Crippen LogP contribution is 2.15. The average molecular weight is 173 g/mol. The third-order valence-electron chi connectivity index (χ3n) is 2.26. The maximum atomic E-state index is 11.2. The van der Waals surface area contributed by atoms with Crippen molar-refractivity contribution in [1.82, 2.24) is 4.90 Å². The summed E-state index contributed by atoms with van der Waals surface area (Å²) >= 11 is 0. The fourth-order valence-electron chi connectivity index (χ4n) is 1.51. The lowest BCUT2D eigenvalue weighted by atomic mass is 10.2. The van der Waals surface area contributed by atoms with E-state index in [9.17, 15) is 4.79 Å². The molecule has 4 nitrogen and oxygen atoms in total. The second-order valence-corrected chi connectivity index (χ2v) is 3.15. The molecule has 1 aliphatic rings. The lowest BCUT2D eigenvalue weighted by Crippen LogP contribution is -2.38. The molecule has 1 heterocycles. The number of likely N-dealkylation sites (tertiary alicyclic amines) is 1. The van der Waals surface area contributed by atoms with E-state index in [1.165, 1.54) is 0 Å². The van der Waals surface area contributed by atoms with E-state index in [-0.39, 0.29) is 25.0 Å². The highest BCUT2D eigenvalue weighted by Gasteiger charge is 2.31. The number of carbonyl (C=O) groups is 1. The minimum atomic E-state index is -0.543. The van der Waals surface area contributed by atoms with Crippen LogP contribution in [0.3, 0.4) is 0 Å². The van der Waals surface area contributed by atoms with Gasteiger partial charge in [-0.3, -0.25) is 4.79 Å². The molecule has 70 valence electrons. The Morgan fingerprint density at radius 2 is 2.42 bits per heavy atom. The highest BCUT2D eigenvalue weighted by atomic mass is 16.3. The van der Waals surface area contributed by atoms with Crippen molar-refractivity contribution < 1.29 is 15.0 Å². The minimum Gasteiger partial charge on any atom is -0.394 e. The minimum absolute atomic E-state index is 0.0189. The third-order valence-corrected chi connectivity index (χ3v) is 2.26. The molecule has 4 heteroatoms. The molecule has 1 fully saturated rings. The Morgan fingerprint density at radius 1 is 1.75 bits per heavy atom. The van der Waals surface area contributed by atoms with Crippen LogP contribution in [0.25, 0.3) is 0 Å². The number of aliphatic hydroxyl groups is 2. The van der Waals surface area contributed by atoms with E-state index in [1.807, 2.05) is 6.92 Å². The van der Waals surface area contributed by atoms with Crippen molar-refractivity contribution in [2.75, 3.05) is 13.2 Å². The van der Waals surface area contributed by atoms with E-state index < -0.39 is 6.10 Å². The molecule has 0 spiro atoms. The Hall–Kier alpha value is -0.610. The molecule has 1 aliphatic heterocycles. The lowest BCUT2D eigenvalue weighted by molar-refractivity contribution is -0.130. The van der Waals surface area contributed by atoms with Gasteiger partial charge >= 0.3 is 0 Å². The van der Waals surface area contributed by atoms with Gasteiger partial charge in [0.15, 0.2) is 0 Å². The van der Waals surface area contributed by atoms with Crippen molar-refractivity contribution in [1.29, 1.82) is 0 Å². The molecule has 2 atom stereocenters. The summed E-state index contributed by atoms with van der Waals surface area (Å²) in [6.07, 6.45) is 0.393. The summed E-state index contributed by atoms with van der Waals surface area (Å²) < 4.78 is 0. The summed E-state index contributed by atoms with van der Waals surface area (Å²) in [7, 11) is 0. The number of aliphatic hydroxyl groups excluding tert-OH is 2. The number of hydrogen-bond acceptors (Lipinski definition) is 3. The van der Waals surface area contributed by atoms with Crippen LogP contribution in [-0.4, -0.2) is 46.3 Å². The second kappa shape index (κ2) is 3.87. The number of β-amino-alcohol motifs (C(OH)–C–C–N with tert-alkyl or cyclic N) is 1. The standard InChI is InChI=1S/C8H15NO3/c1-2-6(5-10)9-4-7(11)3-8(9)12/h6-7,10-11H,2-5H2,1H3/t6-,7?/m0/s1. The third kappa shape index (κ3) is 1.76. The molecule has 1 unspecified atom stereocenters. The van der Waals surface area contributed by atoms with Gasteiger partial charge in [-0.15, -0.1) is 0 Å². The zero-order valence-corrected chi connectivity index (χ0v) is 7.23. The van der Waals surface area contributed by atoms with E-state index >= 15 is 0 Å². The molecule has 0 bridgehead atoms. The molecule has 1 amide bonds. The Morgan fingerprint density at radius 3 is 2.75 bits per heavy atom. The zero-order valence-electron chi connectivity index (χ0n) is 7.23. The van der Waals surface area contributed by atoms with Crippen LogP contribution in [-0.2, 0) is 4.79 Å². The van der Waals surface area contributed by atoms with Gasteiger partial charge in [0.25, 0.3) is 0 Å². The molecule has 0 saturated carbocycles. The molecular formula is C8H15NO3. The van der Waals surface area contributed by atoms with E-state index in [4.69, 9.17) is 10.2 Å². The number of rotatable bonds is 3. The fraction of sp³-hybridized carbons (Fsp3) is 0.875. The van der Waals surface area contributed by atoms with Gasteiger partial charge in [-0.05, 0) is 6.42 Å². The molecule has 0 aliphatic carbocycles. The SMILES string of the molecule is CC[C@@H](CO)N1CC(O)CC1=O. The smallest absolute Gasteiger partial charge is 0.225 e. The molecule has 1 saturated heterocycles. The summed E-state index contributed by atoms with van der Waals surface area (Å²) in [6.45, 7) is 2.27. The molecule has 0 aromatic carbocycles. The first-order chi connectivity index (χ1) is 5.69. The van der Waals surface area contributed by atoms with Gasteiger partial charge in [-0.2, -0.15) is 0 Å². The predicted molar refractivity (Wildman–Crippen MR) is 43.5 cm³/mol. The van der Waals surface area contributed by atoms with Crippen LogP contribution in [0.2, 0.25) is 0 Å². The average Bonchev–Trinajstić information content (AvgIpc) is 2.34. The first-order valence-electron chi connectivity index (χ1n) is 4.27. The molecule has 0 radical (unpaired) electrons. The van der Waals surface area contributed by atoms with Gasteiger partial charge in [-0.1, -0.05) is 6.92 Å². The summed E-state index contributed by atoms with van der Waals surface area (Å²) in [4.78, 5) is 12.8. The van der Waals surface area contributed by atoms with Crippen LogP contribution < -0.4 is 0 Å². The molecular weight excluding hydrogens is 158 g/mol. The van der Waals surface area contributed by atoms with Crippen molar-refractivity contribution >= 4 is 5.91 Å². The zero-order chi connectivity index (χ0) is 9.14. The molecule has 12 heavy (non-hydrogen) atoms. The Balaban J connectivity index is 2.56.